The maximum atomic E-state index is 12.1. The van der Waals surface area contributed by atoms with Crippen LogP contribution in [0.5, 0.6) is 0 Å². The summed E-state index contributed by atoms with van der Waals surface area (Å²) in [4.78, 5) is 14.5. The molecule has 1 heterocycles. The van der Waals surface area contributed by atoms with Gasteiger partial charge in [-0.15, -0.1) is 0 Å². The van der Waals surface area contributed by atoms with Crippen molar-refractivity contribution < 1.29 is 9.53 Å². The van der Waals surface area contributed by atoms with E-state index in [0.29, 0.717) is 12.0 Å². The van der Waals surface area contributed by atoms with Gasteiger partial charge in [-0.3, -0.25) is 4.79 Å². The van der Waals surface area contributed by atoms with Crippen molar-refractivity contribution in [1.29, 1.82) is 0 Å². The van der Waals surface area contributed by atoms with Crippen LogP contribution < -0.4 is 5.32 Å². The van der Waals surface area contributed by atoms with Gasteiger partial charge in [-0.1, -0.05) is 19.8 Å². The molecular weight excluding hydrogens is 264 g/mol. The van der Waals surface area contributed by atoms with Gasteiger partial charge in [-0.05, 0) is 64.1 Å². The number of nitrogens with one attached hydrogen (secondary N) is 1. The lowest BCUT2D eigenvalue weighted by molar-refractivity contribution is -0.146. The van der Waals surface area contributed by atoms with Crippen molar-refractivity contribution >= 4 is 5.97 Å². The average Bonchev–Trinajstić information content (AvgIpc) is 2.94. The molecule has 21 heavy (non-hydrogen) atoms. The molecule has 4 heteroatoms. The second-order valence-corrected chi connectivity index (χ2v) is 6.77. The number of hydrogen-bond acceptors (Lipinski definition) is 4. The van der Waals surface area contributed by atoms with Crippen molar-refractivity contribution in [3.8, 4) is 0 Å². The molecule has 1 aliphatic carbocycles. The molecule has 0 bridgehead atoms. The molecule has 1 N–H and O–H groups in total. The molecule has 1 saturated carbocycles. The SMILES string of the molecule is CCCNC(CN1CCC2(CCCC2)CC1)C(=O)OCC. The number of hydrogen-bond donors (Lipinski definition) is 1. The minimum absolute atomic E-state index is 0.0906. The van der Waals surface area contributed by atoms with Gasteiger partial charge in [-0.2, -0.15) is 0 Å². The van der Waals surface area contributed by atoms with E-state index in [0.717, 1.165) is 32.6 Å². The molecule has 2 fully saturated rings. The molecule has 1 saturated heterocycles. The van der Waals surface area contributed by atoms with Crippen molar-refractivity contribution in [1.82, 2.24) is 10.2 Å². The van der Waals surface area contributed by atoms with E-state index in [1.807, 2.05) is 6.92 Å². The van der Waals surface area contributed by atoms with Crippen molar-refractivity contribution in [2.45, 2.75) is 64.8 Å². The molecule has 1 spiro atoms. The van der Waals surface area contributed by atoms with Crippen LogP contribution in [0.3, 0.4) is 0 Å². The Hall–Kier alpha value is -0.610. The number of nitrogens with zero attached hydrogens (tertiary/aromatic N) is 1. The topological polar surface area (TPSA) is 41.6 Å². The first-order valence-corrected chi connectivity index (χ1v) is 8.81. The summed E-state index contributed by atoms with van der Waals surface area (Å²) in [7, 11) is 0. The molecule has 1 aliphatic heterocycles. The predicted octanol–water partition coefficient (Wildman–Crippen LogP) is 2.57. The largest absolute Gasteiger partial charge is 0.465 e. The average molecular weight is 296 g/mol. The fraction of sp³-hybridized carbons (Fsp3) is 0.941. The first-order valence-electron chi connectivity index (χ1n) is 8.81. The Morgan fingerprint density at radius 2 is 1.86 bits per heavy atom. The molecule has 4 nitrogen and oxygen atoms in total. The van der Waals surface area contributed by atoms with Crippen LogP contribution >= 0.6 is 0 Å². The molecule has 1 atom stereocenters. The zero-order valence-electron chi connectivity index (χ0n) is 13.8. The van der Waals surface area contributed by atoms with Crippen LogP contribution in [-0.4, -0.2) is 49.7 Å². The summed E-state index contributed by atoms with van der Waals surface area (Å²) in [5, 5.41) is 3.35. The number of likely N-dealkylation sites (tertiary alicyclic amines) is 1. The van der Waals surface area contributed by atoms with E-state index in [1.165, 1.54) is 38.5 Å². The lowest BCUT2D eigenvalue weighted by atomic mass is 9.77. The molecular formula is C17H32N2O2. The number of rotatable bonds is 7. The van der Waals surface area contributed by atoms with Gasteiger partial charge < -0.3 is 15.0 Å². The zero-order valence-corrected chi connectivity index (χ0v) is 13.8. The van der Waals surface area contributed by atoms with Gasteiger partial charge in [0.05, 0.1) is 6.61 Å². The molecule has 2 rings (SSSR count). The number of esters is 1. The third-order valence-electron chi connectivity index (χ3n) is 5.23. The Balaban J connectivity index is 1.81. The van der Waals surface area contributed by atoms with E-state index in [9.17, 15) is 4.79 Å². The standard InChI is InChI=1S/C17H32N2O2/c1-3-11-18-15(16(20)21-4-2)14-19-12-9-17(10-13-19)7-5-6-8-17/h15,18H,3-14H2,1-2H3. The van der Waals surface area contributed by atoms with E-state index in [2.05, 4.69) is 17.1 Å². The highest BCUT2D eigenvalue weighted by atomic mass is 16.5. The summed E-state index contributed by atoms with van der Waals surface area (Å²) in [5.41, 5.74) is 0.646. The van der Waals surface area contributed by atoms with Gasteiger partial charge in [0, 0.05) is 6.54 Å². The number of ether oxygens (including phenoxy) is 1. The van der Waals surface area contributed by atoms with E-state index in [-0.39, 0.29) is 12.0 Å². The van der Waals surface area contributed by atoms with Crippen molar-refractivity contribution in [3.05, 3.63) is 0 Å². The number of piperidine rings is 1. The molecule has 122 valence electrons. The maximum absolute atomic E-state index is 12.1. The molecule has 0 amide bonds. The summed E-state index contributed by atoms with van der Waals surface area (Å²) < 4.78 is 5.21. The van der Waals surface area contributed by atoms with Crippen molar-refractivity contribution in [2.75, 3.05) is 32.8 Å². The normalized spacial score (nSPS) is 23.3. The Labute approximate surface area is 129 Å². The highest BCUT2D eigenvalue weighted by Crippen LogP contribution is 2.46. The molecule has 0 radical (unpaired) electrons. The van der Waals surface area contributed by atoms with Gasteiger partial charge in [0.15, 0.2) is 0 Å². The fourth-order valence-corrected chi connectivity index (χ4v) is 3.88. The van der Waals surface area contributed by atoms with Gasteiger partial charge >= 0.3 is 5.97 Å². The molecule has 1 unspecified atom stereocenters. The summed E-state index contributed by atoms with van der Waals surface area (Å²) >= 11 is 0. The molecule has 2 aliphatic rings. The zero-order chi connectivity index (χ0) is 15.1. The van der Waals surface area contributed by atoms with Crippen molar-refractivity contribution in [2.24, 2.45) is 5.41 Å². The second kappa shape index (κ2) is 8.14. The van der Waals surface area contributed by atoms with Gasteiger partial charge in [0.25, 0.3) is 0 Å². The van der Waals surface area contributed by atoms with Gasteiger partial charge in [0.1, 0.15) is 6.04 Å². The van der Waals surface area contributed by atoms with Crippen LogP contribution in [0.2, 0.25) is 0 Å². The molecule has 0 aromatic heterocycles. The Kier molecular flexibility index (Phi) is 6.49. The third kappa shape index (κ3) is 4.68. The number of carbonyl (C=O) groups excluding carboxylic acids is 1. The van der Waals surface area contributed by atoms with Crippen LogP contribution in [0.4, 0.5) is 0 Å². The second-order valence-electron chi connectivity index (χ2n) is 6.77. The highest BCUT2D eigenvalue weighted by Gasteiger charge is 2.37. The van der Waals surface area contributed by atoms with E-state index in [4.69, 9.17) is 4.74 Å². The lowest BCUT2D eigenvalue weighted by Crippen LogP contribution is -2.50. The molecule has 0 aromatic rings. The molecule has 0 aromatic carbocycles. The first kappa shape index (κ1) is 16.8. The van der Waals surface area contributed by atoms with Gasteiger partial charge in [-0.25, -0.2) is 0 Å². The van der Waals surface area contributed by atoms with E-state index < -0.39 is 0 Å². The quantitative estimate of drug-likeness (QED) is 0.733. The number of carbonyl (C=O) groups is 1. The minimum atomic E-state index is -0.164. The smallest absolute Gasteiger partial charge is 0.324 e. The van der Waals surface area contributed by atoms with Crippen LogP contribution in [0.25, 0.3) is 0 Å². The Bertz CT molecular complexity index is 317. The van der Waals surface area contributed by atoms with Crippen LogP contribution in [0.15, 0.2) is 0 Å². The van der Waals surface area contributed by atoms with Gasteiger partial charge in [0.2, 0.25) is 0 Å². The summed E-state index contributed by atoms with van der Waals surface area (Å²) in [6.07, 6.45) is 9.37. The van der Waals surface area contributed by atoms with Crippen LogP contribution in [0.1, 0.15) is 58.8 Å². The van der Waals surface area contributed by atoms with E-state index in [1.54, 1.807) is 0 Å². The monoisotopic (exact) mass is 296 g/mol. The minimum Gasteiger partial charge on any atom is -0.465 e. The first-order chi connectivity index (χ1) is 10.2. The summed E-state index contributed by atoms with van der Waals surface area (Å²) in [6, 6.07) is -0.164. The third-order valence-corrected chi connectivity index (χ3v) is 5.23. The predicted molar refractivity (Wildman–Crippen MR) is 85.3 cm³/mol. The highest BCUT2D eigenvalue weighted by molar-refractivity contribution is 5.76. The maximum Gasteiger partial charge on any atom is 0.324 e. The van der Waals surface area contributed by atoms with E-state index >= 15 is 0 Å². The van der Waals surface area contributed by atoms with Crippen LogP contribution in [0, 0.1) is 5.41 Å². The summed E-state index contributed by atoms with van der Waals surface area (Å²) in [5.74, 6) is -0.0906. The Morgan fingerprint density at radius 1 is 1.19 bits per heavy atom. The lowest BCUT2D eigenvalue weighted by Gasteiger charge is -2.40. The van der Waals surface area contributed by atoms with Crippen molar-refractivity contribution in [3.63, 3.8) is 0 Å². The Morgan fingerprint density at radius 3 is 2.43 bits per heavy atom. The fourth-order valence-electron chi connectivity index (χ4n) is 3.88. The summed E-state index contributed by atoms with van der Waals surface area (Å²) in [6.45, 7) is 8.43. The van der Waals surface area contributed by atoms with Crippen LogP contribution in [-0.2, 0) is 9.53 Å².